The summed E-state index contributed by atoms with van der Waals surface area (Å²) in [6.45, 7) is 2.45. The van der Waals surface area contributed by atoms with Crippen LogP contribution in [0, 0.1) is 5.82 Å². The lowest BCUT2D eigenvalue weighted by Gasteiger charge is -2.19. The van der Waals surface area contributed by atoms with Crippen LogP contribution in [0.3, 0.4) is 0 Å². The second-order valence-corrected chi connectivity index (χ2v) is 7.58. The normalized spacial score (nSPS) is 14.7. The number of amidine groups is 1. The SMILES string of the molecule is CCOc1ccc(N2C(=O)/C(=C\c3cccc4ccccc34)N=C2c2ccccc2F)cc1. The Labute approximate surface area is 191 Å². The molecular weight excluding hydrogens is 415 g/mol. The highest BCUT2D eigenvalue weighted by molar-refractivity contribution is 6.33. The van der Waals surface area contributed by atoms with Crippen LogP contribution in [0.4, 0.5) is 10.1 Å². The van der Waals surface area contributed by atoms with Crippen molar-refractivity contribution < 1.29 is 13.9 Å². The molecule has 0 unspecified atom stereocenters. The van der Waals surface area contributed by atoms with Gasteiger partial charge in [0.15, 0.2) is 5.84 Å². The number of anilines is 1. The Kier molecular flexibility index (Phi) is 5.45. The highest BCUT2D eigenvalue weighted by Gasteiger charge is 2.33. The third kappa shape index (κ3) is 3.89. The maximum Gasteiger partial charge on any atom is 0.282 e. The summed E-state index contributed by atoms with van der Waals surface area (Å²) in [6.07, 6.45) is 1.76. The summed E-state index contributed by atoms with van der Waals surface area (Å²) < 4.78 is 20.2. The minimum absolute atomic E-state index is 0.249. The highest BCUT2D eigenvalue weighted by Crippen LogP contribution is 2.31. The van der Waals surface area contributed by atoms with Crippen LogP contribution in [0.25, 0.3) is 16.8 Å². The monoisotopic (exact) mass is 436 g/mol. The Balaban J connectivity index is 1.64. The molecule has 4 nitrogen and oxygen atoms in total. The molecule has 5 rings (SSSR count). The standard InChI is InChI=1S/C28H21FN2O2/c1-2-33-22-16-14-21(15-17-22)31-27(24-12-5-6-13-25(24)29)30-26(28(31)32)18-20-10-7-9-19-8-3-4-11-23(19)20/h3-18H,2H2,1H3/b26-18+. The molecule has 0 aliphatic carbocycles. The van der Waals surface area contributed by atoms with Gasteiger partial charge in [-0.2, -0.15) is 0 Å². The Hall–Kier alpha value is -4.25. The first-order valence-corrected chi connectivity index (χ1v) is 10.8. The molecule has 0 saturated heterocycles. The zero-order valence-corrected chi connectivity index (χ0v) is 18.0. The van der Waals surface area contributed by atoms with E-state index in [4.69, 9.17) is 4.74 Å². The summed E-state index contributed by atoms with van der Waals surface area (Å²) >= 11 is 0. The first-order valence-electron chi connectivity index (χ1n) is 10.8. The van der Waals surface area contributed by atoms with E-state index in [1.165, 1.54) is 11.0 Å². The van der Waals surface area contributed by atoms with Gasteiger partial charge >= 0.3 is 0 Å². The maximum atomic E-state index is 14.7. The topological polar surface area (TPSA) is 41.9 Å². The lowest BCUT2D eigenvalue weighted by atomic mass is 10.0. The molecule has 4 aromatic carbocycles. The maximum absolute atomic E-state index is 14.7. The van der Waals surface area contributed by atoms with Crippen LogP contribution >= 0.6 is 0 Å². The van der Waals surface area contributed by atoms with Crippen molar-refractivity contribution in [2.75, 3.05) is 11.5 Å². The van der Waals surface area contributed by atoms with Crippen molar-refractivity contribution in [1.29, 1.82) is 0 Å². The Bertz CT molecular complexity index is 1400. The van der Waals surface area contributed by atoms with Gasteiger partial charge < -0.3 is 4.74 Å². The van der Waals surface area contributed by atoms with E-state index in [-0.39, 0.29) is 23.0 Å². The molecule has 0 saturated carbocycles. The van der Waals surface area contributed by atoms with E-state index in [2.05, 4.69) is 4.99 Å². The zero-order valence-electron chi connectivity index (χ0n) is 18.0. The van der Waals surface area contributed by atoms with Crippen molar-refractivity contribution in [1.82, 2.24) is 0 Å². The number of fused-ring (bicyclic) bond motifs is 1. The molecule has 5 heteroatoms. The van der Waals surface area contributed by atoms with Crippen LogP contribution in [-0.2, 0) is 4.79 Å². The fraction of sp³-hybridized carbons (Fsp3) is 0.0714. The predicted octanol–water partition coefficient (Wildman–Crippen LogP) is 6.21. The molecule has 1 heterocycles. The van der Waals surface area contributed by atoms with Gasteiger partial charge in [-0.05, 0) is 65.7 Å². The number of nitrogens with zero attached hydrogens (tertiary/aromatic N) is 2. The number of carbonyl (C=O) groups is 1. The van der Waals surface area contributed by atoms with Gasteiger partial charge in [-0.3, -0.25) is 9.69 Å². The molecular formula is C28H21FN2O2. The van der Waals surface area contributed by atoms with Gasteiger partial charge in [0, 0.05) is 0 Å². The van der Waals surface area contributed by atoms with E-state index in [0.717, 1.165) is 16.3 Å². The van der Waals surface area contributed by atoms with Crippen LogP contribution in [0.15, 0.2) is 102 Å². The van der Waals surface area contributed by atoms with Crippen molar-refractivity contribution in [3.63, 3.8) is 0 Å². The number of carbonyl (C=O) groups excluding carboxylic acids is 1. The first kappa shape index (κ1) is 20.6. The number of aliphatic imine (C=N–C) groups is 1. The second kappa shape index (κ2) is 8.71. The van der Waals surface area contributed by atoms with Gasteiger partial charge in [0.25, 0.3) is 5.91 Å². The summed E-state index contributed by atoms with van der Waals surface area (Å²) in [5, 5.41) is 2.08. The number of halogens is 1. The average molecular weight is 436 g/mol. The van der Waals surface area contributed by atoms with E-state index >= 15 is 0 Å². The lowest BCUT2D eigenvalue weighted by molar-refractivity contribution is -0.113. The van der Waals surface area contributed by atoms with Crippen molar-refractivity contribution >= 4 is 34.3 Å². The van der Waals surface area contributed by atoms with Crippen molar-refractivity contribution in [3.8, 4) is 5.75 Å². The lowest BCUT2D eigenvalue weighted by Crippen LogP contribution is -2.33. The zero-order chi connectivity index (χ0) is 22.8. The van der Waals surface area contributed by atoms with Gasteiger partial charge in [0.1, 0.15) is 17.3 Å². The third-order valence-electron chi connectivity index (χ3n) is 5.50. The summed E-state index contributed by atoms with van der Waals surface area (Å²) in [5.74, 6) is 0.203. The molecule has 1 aliphatic heterocycles. The molecule has 0 aromatic heterocycles. The fourth-order valence-electron chi connectivity index (χ4n) is 3.96. The fourth-order valence-corrected chi connectivity index (χ4v) is 3.96. The molecule has 0 radical (unpaired) electrons. The van der Waals surface area contributed by atoms with Crippen LogP contribution in [0.1, 0.15) is 18.1 Å². The van der Waals surface area contributed by atoms with Gasteiger partial charge in [-0.15, -0.1) is 0 Å². The molecule has 1 amide bonds. The number of hydrogen-bond donors (Lipinski definition) is 0. The number of benzene rings is 4. The number of hydrogen-bond acceptors (Lipinski definition) is 3. The van der Waals surface area contributed by atoms with Gasteiger partial charge in [0.05, 0.1) is 17.9 Å². The van der Waals surface area contributed by atoms with Crippen molar-refractivity contribution in [2.24, 2.45) is 4.99 Å². The molecule has 33 heavy (non-hydrogen) atoms. The molecule has 0 fully saturated rings. The van der Waals surface area contributed by atoms with Crippen LogP contribution < -0.4 is 9.64 Å². The predicted molar refractivity (Wildman–Crippen MR) is 130 cm³/mol. The smallest absolute Gasteiger partial charge is 0.282 e. The Morgan fingerprint density at radius 2 is 1.64 bits per heavy atom. The molecule has 4 aromatic rings. The Morgan fingerprint density at radius 3 is 2.42 bits per heavy atom. The Morgan fingerprint density at radius 1 is 0.909 bits per heavy atom. The molecule has 0 bridgehead atoms. The van der Waals surface area contributed by atoms with E-state index in [1.54, 1.807) is 48.5 Å². The van der Waals surface area contributed by atoms with Crippen LogP contribution in [-0.4, -0.2) is 18.3 Å². The number of ether oxygens (including phenoxy) is 1. The molecule has 1 aliphatic rings. The summed E-state index contributed by atoms with van der Waals surface area (Å²) in [7, 11) is 0. The van der Waals surface area contributed by atoms with Crippen molar-refractivity contribution in [2.45, 2.75) is 6.92 Å². The summed E-state index contributed by atoms with van der Waals surface area (Å²) in [4.78, 5) is 19.6. The third-order valence-corrected chi connectivity index (χ3v) is 5.50. The molecule has 0 spiro atoms. The van der Waals surface area contributed by atoms with Crippen LogP contribution in [0.2, 0.25) is 0 Å². The molecule has 0 atom stereocenters. The minimum Gasteiger partial charge on any atom is -0.494 e. The summed E-state index contributed by atoms with van der Waals surface area (Å²) in [5.41, 5.74) is 1.98. The first-order chi connectivity index (χ1) is 16.2. The second-order valence-electron chi connectivity index (χ2n) is 7.58. The van der Waals surface area contributed by atoms with E-state index < -0.39 is 5.82 Å². The van der Waals surface area contributed by atoms with Gasteiger partial charge in [0.2, 0.25) is 0 Å². The quantitative estimate of drug-likeness (QED) is 0.349. The number of rotatable bonds is 5. The molecule has 0 N–H and O–H groups in total. The van der Waals surface area contributed by atoms with Crippen molar-refractivity contribution in [3.05, 3.63) is 114 Å². The van der Waals surface area contributed by atoms with E-state index in [1.807, 2.05) is 49.4 Å². The van der Waals surface area contributed by atoms with Gasteiger partial charge in [-0.25, -0.2) is 9.38 Å². The van der Waals surface area contributed by atoms with E-state index in [9.17, 15) is 9.18 Å². The van der Waals surface area contributed by atoms with Gasteiger partial charge in [-0.1, -0.05) is 54.6 Å². The minimum atomic E-state index is -0.439. The molecule has 162 valence electrons. The number of amides is 1. The largest absolute Gasteiger partial charge is 0.494 e. The van der Waals surface area contributed by atoms with Crippen LogP contribution in [0.5, 0.6) is 5.75 Å². The highest BCUT2D eigenvalue weighted by atomic mass is 19.1. The summed E-state index contributed by atoms with van der Waals surface area (Å²) in [6, 6.07) is 27.3. The van der Waals surface area contributed by atoms with E-state index in [0.29, 0.717) is 18.0 Å². The average Bonchev–Trinajstić information content (AvgIpc) is 3.16.